The molecule has 5 nitrogen and oxygen atoms in total. The lowest BCUT2D eigenvalue weighted by molar-refractivity contribution is -0.274. The van der Waals surface area contributed by atoms with Gasteiger partial charge in [0.2, 0.25) is 5.91 Å². The van der Waals surface area contributed by atoms with Crippen molar-refractivity contribution in [3.63, 3.8) is 0 Å². The molecule has 0 aliphatic carbocycles. The van der Waals surface area contributed by atoms with Gasteiger partial charge in [-0.2, -0.15) is 0 Å². The highest BCUT2D eigenvalue weighted by Gasteiger charge is 2.30. The molecule has 152 valence electrons. The van der Waals surface area contributed by atoms with Gasteiger partial charge in [-0.25, -0.2) is 9.37 Å². The zero-order valence-corrected chi connectivity index (χ0v) is 15.0. The average molecular weight is 408 g/mol. The van der Waals surface area contributed by atoms with E-state index in [1.807, 2.05) is 0 Å². The molecule has 29 heavy (non-hydrogen) atoms. The van der Waals surface area contributed by atoms with Crippen LogP contribution in [0.15, 0.2) is 59.1 Å². The van der Waals surface area contributed by atoms with Gasteiger partial charge in [-0.05, 0) is 42.0 Å². The summed E-state index contributed by atoms with van der Waals surface area (Å²) in [5, 5.41) is 2.67. The van der Waals surface area contributed by atoms with Gasteiger partial charge in [0.15, 0.2) is 11.7 Å². The number of halogens is 4. The molecule has 0 atom stereocenters. The molecule has 0 unspecified atom stereocenters. The Kier molecular flexibility index (Phi) is 6.16. The van der Waals surface area contributed by atoms with Crippen LogP contribution in [0.1, 0.15) is 17.9 Å². The number of nitrogens with one attached hydrogen (secondary N) is 1. The Morgan fingerprint density at radius 1 is 1.07 bits per heavy atom. The Bertz CT molecular complexity index is 951. The maximum atomic E-state index is 13.0. The molecule has 0 aliphatic heterocycles. The number of oxazole rings is 1. The quantitative estimate of drug-likeness (QED) is 0.579. The van der Waals surface area contributed by atoms with Crippen molar-refractivity contribution >= 4 is 5.91 Å². The number of ether oxygens (including phenoxy) is 1. The van der Waals surface area contributed by atoms with Crippen molar-refractivity contribution in [3.05, 3.63) is 72.0 Å². The molecular weight excluding hydrogens is 392 g/mol. The summed E-state index contributed by atoms with van der Waals surface area (Å²) in [6, 6.07) is 11.0. The molecule has 3 aromatic rings. The summed E-state index contributed by atoms with van der Waals surface area (Å²) in [6.45, 7) is 0.164. The first-order valence-electron chi connectivity index (χ1n) is 8.60. The summed E-state index contributed by atoms with van der Waals surface area (Å²) in [4.78, 5) is 16.1. The van der Waals surface area contributed by atoms with Crippen molar-refractivity contribution in [3.8, 4) is 17.1 Å². The van der Waals surface area contributed by atoms with Gasteiger partial charge in [-0.15, -0.1) is 13.2 Å². The highest BCUT2D eigenvalue weighted by atomic mass is 19.4. The normalized spacial score (nSPS) is 11.3. The molecule has 0 fully saturated rings. The van der Waals surface area contributed by atoms with E-state index >= 15 is 0 Å². The number of hydrogen-bond acceptors (Lipinski definition) is 4. The van der Waals surface area contributed by atoms with Crippen molar-refractivity contribution in [2.45, 2.75) is 25.7 Å². The Morgan fingerprint density at radius 2 is 1.76 bits per heavy atom. The Labute approximate surface area is 163 Å². The number of hydrogen-bond donors (Lipinski definition) is 1. The minimum Gasteiger partial charge on any atom is -0.441 e. The number of alkyl halides is 3. The largest absolute Gasteiger partial charge is 0.573 e. The summed E-state index contributed by atoms with van der Waals surface area (Å²) < 4.78 is 58.7. The third-order valence-corrected chi connectivity index (χ3v) is 3.89. The standard InChI is InChI=1S/C20H16F4N2O3/c21-15-5-3-14(4-6-15)17-12-26-19(28-17)10-9-18(27)25-11-13-1-7-16(8-2-13)29-20(22,23)24/h1-8,12H,9-11H2,(H,25,27). The first kappa shape index (κ1) is 20.4. The average Bonchev–Trinajstić information content (AvgIpc) is 3.14. The summed E-state index contributed by atoms with van der Waals surface area (Å²) in [6.07, 6.45) is -2.85. The van der Waals surface area contributed by atoms with Gasteiger partial charge in [0.05, 0.1) is 6.20 Å². The number of aromatic nitrogens is 1. The highest BCUT2D eigenvalue weighted by molar-refractivity contribution is 5.76. The van der Waals surface area contributed by atoms with E-state index in [0.717, 1.165) is 0 Å². The van der Waals surface area contributed by atoms with Crippen LogP contribution >= 0.6 is 0 Å². The molecule has 0 saturated heterocycles. The number of benzene rings is 2. The van der Waals surface area contributed by atoms with E-state index in [4.69, 9.17) is 4.42 Å². The molecular formula is C20H16F4N2O3. The number of rotatable bonds is 7. The smallest absolute Gasteiger partial charge is 0.441 e. The molecule has 1 N–H and O–H groups in total. The topological polar surface area (TPSA) is 64.4 Å². The lowest BCUT2D eigenvalue weighted by Gasteiger charge is -2.09. The Balaban J connectivity index is 1.45. The van der Waals surface area contributed by atoms with Crippen LogP contribution in [-0.4, -0.2) is 17.3 Å². The van der Waals surface area contributed by atoms with Gasteiger partial charge in [-0.1, -0.05) is 12.1 Å². The van der Waals surface area contributed by atoms with E-state index in [1.165, 1.54) is 42.6 Å². The maximum absolute atomic E-state index is 13.0. The summed E-state index contributed by atoms with van der Waals surface area (Å²) in [5.41, 5.74) is 1.30. The van der Waals surface area contributed by atoms with Gasteiger partial charge >= 0.3 is 6.36 Å². The van der Waals surface area contributed by atoms with Gasteiger partial charge in [0.1, 0.15) is 11.6 Å². The minimum absolute atomic E-state index is 0.124. The Morgan fingerprint density at radius 3 is 2.41 bits per heavy atom. The van der Waals surface area contributed by atoms with Crippen molar-refractivity contribution in [1.82, 2.24) is 10.3 Å². The van der Waals surface area contributed by atoms with Crippen molar-refractivity contribution < 1.29 is 31.5 Å². The zero-order chi connectivity index (χ0) is 20.9. The fourth-order valence-electron chi connectivity index (χ4n) is 2.49. The molecule has 0 saturated carbocycles. The summed E-state index contributed by atoms with van der Waals surface area (Å²) in [5.74, 6) is -0.0991. The van der Waals surface area contributed by atoms with Crippen LogP contribution < -0.4 is 10.1 Å². The van der Waals surface area contributed by atoms with E-state index in [1.54, 1.807) is 12.1 Å². The molecule has 0 radical (unpaired) electrons. The van der Waals surface area contributed by atoms with E-state index in [0.29, 0.717) is 22.8 Å². The maximum Gasteiger partial charge on any atom is 0.573 e. The minimum atomic E-state index is -4.74. The van der Waals surface area contributed by atoms with Crippen LogP contribution in [0.3, 0.4) is 0 Å². The SMILES string of the molecule is O=C(CCc1ncc(-c2ccc(F)cc2)o1)NCc1ccc(OC(F)(F)F)cc1. The molecule has 1 amide bonds. The van der Waals surface area contributed by atoms with Crippen LogP contribution in [0.5, 0.6) is 5.75 Å². The molecule has 3 rings (SSSR count). The molecule has 1 heterocycles. The predicted octanol–water partition coefficient (Wildman–Crippen LogP) is 4.63. The van der Waals surface area contributed by atoms with Gasteiger partial charge < -0.3 is 14.5 Å². The molecule has 1 aromatic heterocycles. The first-order chi connectivity index (χ1) is 13.8. The highest BCUT2D eigenvalue weighted by Crippen LogP contribution is 2.23. The number of aryl methyl sites for hydroxylation is 1. The molecule has 2 aromatic carbocycles. The van der Waals surface area contributed by atoms with E-state index in [9.17, 15) is 22.4 Å². The van der Waals surface area contributed by atoms with Crippen LogP contribution in [0.2, 0.25) is 0 Å². The van der Waals surface area contributed by atoms with Gasteiger partial charge in [0, 0.05) is 24.9 Å². The zero-order valence-electron chi connectivity index (χ0n) is 15.0. The van der Waals surface area contributed by atoms with Gasteiger partial charge in [-0.3, -0.25) is 4.79 Å². The molecule has 9 heteroatoms. The lowest BCUT2D eigenvalue weighted by Crippen LogP contribution is -2.23. The predicted molar refractivity (Wildman–Crippen MR) is 95.2 cm³/mol. The first-order valence-corrected chi connectivity index (χ1v) is 8.60. The van der Waals surface area contributed by atoms with E-state index < -0.39 is 6.36 Å². The van der Waals surface area contributed by atoms with Crippen molar-refractivity contribution in [1.29, 1.82) is 0 Å². The van der Waals surface area contributed by atoms with Crippen LogP contribution in [-0.2, 0) is 17.8 Å². The van der Waals surface area contributed by atoms with E-state index in [2.05, 4.69) is 15.0 Å². The summed E-state index contributed by atoms with van der Waals surface area (Å²) >= 11 is 0. The van der Waals surface area contributed by atoms with Crippen LogP contribution in [0, 0.1) is 5.82 Å². The second-order valence-corrected chi connectivity index (χ2v) is 6.09. The van der Waals surface area contributed by atoms with Crippen LogP contribution in [0.25, 0.3) is 11.3 Å². The number of carbonyl (C=O) groups excluding carboxylic acids is 1. The fourth-order valence-corrected chi connectivity index (χ4v) is 2.49. The lowest BCUT2D eigenvalue weighted by atomic mass is 10.2. The Hall–Kier alpha value is -3.36. The van der Waals surface area contributed by atoms with E-state index in [-0.39, 0.29) is 36.9 Å². The van der Waals surface area contributed by atoms with Crippen molar-refractivity contribution in [2.75, 3.05) is 0 Å². The molecule has 0 aliphatic rings. The van der Waals surface area contributed by atoms with Crippen LogP contribution in [0.4, 0.5) is 17.6 Å². The number of nitrogens with zero attached hydrogens (tertiary/aromatic N) is 1. The van der Waals surface area contributed by atoms with Crippen molar-refractivity contribution in [2.24, 2.45) is 0 Å². The summed E-state index contributed by atoms with van der Waals surface area (Å²) in [7, 11) is 0. The second-order valence-electron chi connectivity index (χ2n) is 6.09. The monoisotopic (exact) mass is 408 g/mol. The number of amides is 1. The third-order valence-electron chi connectivity index (χ3n) is 3.89. The third kappa shape index (κ3) is 6.34. The number of carbonyl (C=O) groups is 1. The second kappa shape index (κ2) is 8.76. The van der Waals surface area contributed by atoms with Gasteiger partial charge in [0.25, 0.3) is 0 Å². The molecule has 0 spiro atoms. The molecule has 0 bridgehead atoms. The fraction of sp³-hybridized carbons (Fsp3) is 0.200.